The molecule has 0 fully saturated rings. The molecular weight excluding hydrogens is 346 g/mol. The first-order chi connectivity index (χ1) is 12.8. The Hall–Kier alpha value is -3.55. The van der Waals surface area contributed by atoms with Gasteiger partial charge < -0.3 is 4.98 Å². The second-order valence-electron chi connectivity index (χ2n) is 6.63. The molecule has 1 aromatic carbocycles. The number of hydrogen-bond acceptors (Lipinski definition) is 5. The molecule has 8 heteroatoms. The van der Waals surface area contributed by atoms with Crippen molar-refractivity contribution in [1.82, 2.24) is 24.1 Å². The molecule has 0 unspecified atom stereocenters. The maximum Gasteiger partial charge on any atom is 0.352 e. The van der Waals surface area contributed by atoms with Crippen LogP contribution in [0, 0.1) is 20.8 Å². The van der Waals surface area contributed by atoms with Crippen molar-refractivity contribution in [1.29, 1.82) is 0 Å². The molecule has 0 saturated heterocycles. The molecule has 4 rings (SSSR count). The molecule has 0 bridgehead atoms. The summed E-state index contributed by atoms with van der Waals surface area (Å²) in [6.07, 6.45) is 0. The van der Waals surface area contributed by atoms with E-state index in [0.717, 1.165) is 15.7 Å². The maximum atomic E-state index is 12.7. The van der Waals surface area contributed by atoms with E-state index in [-0.39, 0.29) is 22.3 Å². The Balaban J connectivity index is 2.32. The second kappa shape index (κ2) is 5.73. The van der Waals surface area contributed by atoms with Crippen molar-refractivity contribution in [2.75, 3.05) is 0 Å². The summed E-state index contributed by atoms with van der Waals surface area (Å²) in [5, 5.41) is 0.254. The zero-order valence-electron chi connectivity index (χ0n) is 15.3. The Morgan fingerprint density at radius 2 is 1.70 bits per heavy atom. The van der Waals surface area contributed by atoms with Gasteiger partial charge in [-0.2, -0.15) is 4.98 Å². The summed E-state index contributed by atoms with van der Waals surface area (Å²) < 4.78 is 2.52. The van der Waals surface area contributed by atoms with Gasteiger partial charge >= 0.3 is 5.69 Å². The predicted molar refractivity (Wildman–Crippen MR) is 102 cm³/mol. The molecular formula is C19H17N5O3. The first-order valence-electron chi connectivity index (χ1n) is 8.39. The van der Waals surface area contributed by atoms with Gasteiger partial charge in [0.2, 0.25) is 0 Å². The summed E-state index contributed by atoms with van der Waals surface area (Å²) >= 11 is 0. The van der Waals surface area contributed by atoms with Gasteiger partial charge in [0.15, 0.2) is 11.5 Å². The van der Waals surface area contributed by atoms with Crippen LogP contribution in [-0.4, -0.2) is 24.1 Å². The lowest BCUT2D eigenvalue weighted by molar-refractivity contribution is 0.765. The van der Waals surface area contributed by atoms with E-state index in [2.05, 4.69) is 15.0 Å². The zero-order chi connectivity index (χ0) is 19.5. The number of nitrogens with one attached hydrogen (secondary N) is 1. The monoisotopic (exact) mass is 363 g/mol. The molecule has 1 N–H and O–H groups in total. The normalized spacial score (nSPS) is 11.4. The Kier molecular flexibility index (Phi) is 3.59. The van der Waals surface area contributed by atoms with Gasteiger partial charge in [-0.1, -0.05) is 6.07 Å². The fourth-order valence-corrected chi connectivity index (χ4v) is 3.12. The average Bonchev–Trinajstić information content (AvgIpc) is 2.61. The standard InChI is InChI=1S/C19H17N5O3/c1-9-5-6-12(7-10(9)2)24-15-13(17(25)21-11(3)20-15)8-14-16(24)22-19(27)23(4)18(14)26/h5-8H,1-4H3,(H,20,21,25). The first-order valence-corrected chi connectivity index (χ1v) is 8.39. The summed E-state index contributed by atoms with van der Waals surface area (Å²) in [7, 11) is 1.36. The van der Waals surface area contributed by atoms with Crippen LogP contribution in [0.3, 0.4) is 0 Å². The molecule has 136 valence electrons. The molecule has 1 aromatic heterocycles. The Morgan fingerprint density at radius 1 is 0.963 bits per heavy atom. The average molecular weight is 363 g/mol. The number of pyridine rings is 1. The first kappa shape index (κ1) is 16.9. The lowest BCUT2D eigenvalue weighted by Gasteiger charge is -2.18. The molecule has 8 nitrogen and oxygen atoms in total. The molecule has 0 radical (unpaired) electrons. The third-order valence-electron chi connectivity index (χ3n) is 4.78. The van der Waals surface area contributed by atoms with Gasteiger partial charge in [0.1, 0.15) is 5.82 Å². The molecule has 2 aromatic rings. The van der Waals surface area contributed by atoms with E-state index in [1.807, 2.05) is 32.0 Å². The highest BCUT2D eigenvalue weighted by Crippen LogP contribution is 2.26. The van der Waals surface area contributed by atoms with Gasteiger partial charge in [-0.15, -0.1) is 0 Å². The number of H-pyrrole nitrogens is 1. The van der Waals surface area contributed by atoms with E-state index in [9.17, 15) is 14.4 Å². The summed E-state index contributed by atoms with van der Waals surface area (Å²) in [5.74, 6) is 0.604. The Morgan fingerprint density at radius 3 is 2.41 bits per heavy atom. The van der Waals surface area contributed by atoms with Crippen LogP contribution < -0.4 is 16.8 Å². The van der Waals surface area contributed by atoms with Gasteiger partial charge in [-0.05, 0) is 50.1 Å². The number of rotatable bonds is 1. The van der Waals surface area contributed by atoms with Crippen LogP contribution in [0.5, 0.6) is 0 Å². The highest BCUT2D eigenvalue weighted by atomic mass is 16.2. The molecule has 2 aliphatic heterocycles. The summed E-state index contributed by atoms with van der Waals surface area (Å²) in [5.41, 5.74) is 1.79. The van der Waals surface area contributed by atoms with Crippen LogP contribution in [0.25, 0.3) is 28.1 Å². The Labute approximate surface area is 153 Å². The minimum absolute atomic E-state index is 0.177. The van der Waals surface area contributed by atoms with E-state index >= 15 is 0 Å². The lowest BCUT2D eigenvalue weighted by atomic mass is 10.1. The smallest absolute Gasteiger partial charge is 0.310 e. The fourth-order valence-electron chi connectivity index (χ4n) is 3.12. The highest BCUT2D eigenvalue weighted by molar-refractivity contribution is 5.83. The molecule has 3 heterocycles. The Bertz CT molecular complexity index is 1380. The topological polar surface area (TPSA) is 103 Å². The van der Waals surface area contributed by atoms with Crippen LogP contribution in [0.1, 0.15) is 17.0 Å². The molecule has 27 heavy (non-hydrogen) atoms. The van der Waals surface area contributed by atoms with Crippen LogP contribution in [0.2, 0.25) is 0 Å². The fraction of sp³-hybridized carbons (Fsp3) is 0.211. The van der Waals surface area contributed by atoms with Gasteiger partial charge in [-0.3, -0.25) is 18.7 Å². The van der Waals surface area contributed by atoms with Crippen LogP contribution in [0.15, 0.2) is 38.6 Å². The number of aromatic nitrogens is 5. The van der Waals surface area contributed by atoms with Crippen molar-refractivity contribution < 1.29 is 0 Å². The van der Waals surface area contributed by atoms with Crippen molar-refractivity contribution in [3.8, 4) is 17.1 Å². The zero-order valence-corrected chi connectivity index (χ0v) is 15.3. The van der Waals surface area contributed by atoms with Crippen molar-refractivity contribution in [2.24, 2.45) is 7.05 Å². The number of aromatic amines is 1. The summed E-state index contributed by atoms with van der Waals surface area (Å²) in [6.45, 7) is 5.62. The van der Waals surface area contributed by atoms with Gasteiger partial charge in [0.25, 0.3) is 11.1 Å². The lowest BCUT2D eigenvalue weighted by Crippen LogP contribution is -2.36. The summed E-state index contributed by atoms with van der Waals surface area (Å²) in [4.78, 5) is 48.5. The number of aryl methyl sites for hydroxylation is 3. The molecule has 0 amide bonds. The minimum atomic E-state index is -0.661. The van der Waals surface area contributed by atoms with Gasteiger partial charge in [-0.25, -0.2) is 9.78 Å². The van der Waals surface area contributed by atoms with E-state index < -0.39 is 11.2 Å². The number of hydrogen-bond donors (Lipinski definition) is 1. The quantitative estimate of drug-likeness (QED) is 0.512. The number of benzene rings is 1. The van der Waals surface area contributed by atoms with Crippen LogP contribution in [0.4, 0.5) is 0 Å². The van der Waals surface area contributed by atoms with E-state index in [1.54, 1.807) is 11.5 Å². The molecule has 0 saturated carbocycles. The van der Waals surface area contributed by atoms with Crippen molar-refractivity contribution >= 4 is 11.0 Å². The molecule has 0 aliphatic carbocycles. The molecule has 2 aliphatic rings. The van der Waals surface area contributed by atoms with Crippen LogP contribution in [-0.2, 0) is 7.05 Å². The third kappa shape index (κ3) is 2.49. The van der Waals surface area contributed by atoms with Crippen LogP contribution >= 0.6 is 0 Å². The van der Waals surface area contributed by atoms with Crippen molar-refractivity contribution in [2.45, 2.75) is 20.8 Å². The third-order valence-corrected chi connectivity index (χ3v) is 4.78. The van der Waals surface area contributed by atoms with Gasteiger partial charge in [0.05, 0.1) is 10.9 Å². The maximum absolute atomic E-state index is 12.7. The van der Waals surface area contributed by atoms with Crippen molar-refractivity contribution in [3.63, 3.8) is 0 Å². The predicted octanol–water partition coefficient (Wildman–Crippen LogP) is 1.20. The highest BCUT2D eigenvalue weighted by Gasteiger charge is 2.22. The molecule has 0 atom stereocenters. The largest absolute Gasteiger partial charge is 0.352 e. The minimum Gasteiger partial charge on any atom is -0.310 e. The number of fused-ring (bicyclic) bond motifs is 2. The number of nitrogens with zero attached hydrogens (tertiary/aromatic N) is 4. The summed E-state index contributed by atoms with van der Waals surface area (Å²) in [6, 6.07) is 7.14. The van der Waals surface area contributed by atoms with Gasteiger partial charge in [0, 0.05) is 12.7 Å². The van der Waals surface area contributed by atoms with E-state index in [4.69, 9.17) is 0 Å². The molecule has 0 spiro atoms. The van der Waals surface area contributed by atoms with E-state index in [1.165, 1.54) is 13.1 Å². The van der Waals surface area contributed by atoms with Crippen molar-refractivity contribution in [3.05, 3.63) is 72.4 Å². The van der Waals surface area contributed by atoms with E-state index in [0.29, 0.717) is 17.2 Å². The SMILES string of the molecule is Cc1nc2c(cc3c(=O)n(C)c(=O)nc-3n2-c2ccc(C)c(C)c2)c(=O)[nH]1. The second-order valence-corrected chi connectivity index (χ2v) is 6.63.